The Labute approximate surface area is 176 Å². The van der Waals surface area contributed by atoms with E-state index >= 15 is 0 Å². The van der Waals surface area contributed by atoms with E-state index in [1.54, 1.807) is 0 Å². The number of hydrogen-bond donors (Lipinski definition) is 1. The summed E-state index contributed by atoms with van der Waals surface area (Å²) in [7, 11) is -4.11. The standard InChI is InChI=1S/C17H17F4N3O4S.ClH/c1-2-23(29(27,28)13-6-4-12(5-7-13)24(25)26)10-16(22)11-3-8-15(18)14(9-11)17(19,20)21;/h3-9,16H,2,10,22H2,1H3;1H/t16-;/m1./s1. The molecule has 2 N–H and O–H groups in total. The summed E-state index contributed by atoms with van der Waals surface area (Å²) >= 11 is 0. The van der Waals surface area contributed by atoms with E-state index in [4.69, 9.17) is 5.73 Å². The third kappa shape index (κ3) is 5.65. The fourth-order valence-electron chi connectivity index (χ4n) is 2.60. The molecule has 0 amide bonds. The largest absolute Gasteiger partial charge is 0.419 e. The van der Waals surface area contributed by atoms with Gasteiger partial charge >= 0.3 is 6.18 Å². The molecule has 2 aromatic rings. The SMILES string of the molecule is CCN(C[C@@H](N)c1ccc(F)c(C(F)(F)F)c1)S(=O)(=O)c1ccc([N+](=O)[O-])cc1.Cl. The fourth-order valence-corrected chi connectivity index (χ4v) is 4.08. The molecule has 0 saturated carbocycles. The Kier molecular flexibility index (Phi) is 8.32. The zero-order chi connectivity index (χ0) is 22.0. The Balaban J connectivity index is 0.00000450. The number of sulfonamides is 1. The van der Waals surface area contributed by atoms with E-state index in [0.29, 0.717) is 12.1 Å². The van der Waals surface area contributed by atoms with Gasteiger partial charge in [-0.15, -0.1) is 12.4 Å². The Bertz CT molecular complexity index is 1000. The second-order valence-corrected chi connectivity index (χ2v) is 7.99. The lowest BCUT2D eigenvalue weighted by Gasteiger charge is -2.24. The van der Waals surface area contributed by atoms with E-state index < -0.39 is 38.5 Å². The molecule has 0 radical (unpaired) electrons. The van der Waals surface area contributed by atoms with Crippen molar-refractivity contribution in [3.8, 4) is 0 Å². The van der Waals surface area contributed by atoms with Crippen molar-refractivity contribution >= 4 is 28.1 Å². The number of hydrogen-bond acceptors (Lipinski definition) is 5. The second-order valence-electron chi connectivity index (χ2n) is 6.05. The van der Waals surface area contributed by atoms with Gasteiger partial charge in [-0.25, -0.2) is 12.8 Å². The maximum atomic E-state index is 13.4. The Hall–Kier alpha value is -2.28. The molecule has 0 unspecified atom stereocenters. The average Bonchev–Trinajstić information content (AvgIpc) is 2.65. The maximum Gasteiger partial charge on any atom is 0.419 e. The van der Waals surface area contributed by atoms with E-state index in [-0.39, 0.29) is 41.6 Å². The minimum Gasteiger partial charge on any atom is -0.323 e. The fraction of sp³-hybridized carbons (Fsp3) is 0.294. The highest BCUT2D eigenvalue weighted by molar-refractivity contribution is 7.89. The van der Waals surface area contributed by atoms with Crippen LogP contribution in [-0.4, -0.2) is 30.7 Å². The lowest BCUT2D eigenvalue weighted by molar-refractivity contribution is -0.384. The van der Waals surface area contributed by atoms with E-state index in [0.717, 1.165) is 34.6 Å². The van der Waals surface area contributed by atoms with Crippen LogP contribution in [0.5, 0.6) is 0 Å². The van der Waals surface area contributed by atoms with Crippen LogP contribution in [0.2, 0.25) is 0 Å². The minimum atomic E-state index is -4.92. The molecule has 0 aliphatic heterocycles. The Morgan fingerprint density at radius 3 is 2.20 bits per heavy atom. The number of non-ortho nitro benzene ring substituents is 1. The van der Waals surface area contributed by atoms with Crippen molar-refractivity contribution in [3.63, 3.8) is 0 Å². The Morgan fingerprint density at radius 1 is 1.17 bits per heavy atom. The van der Waals surface area contributed by atoms with Gasteiger partial charge < -0.3 is 5.73 Å². The normalized spacial score (nSPS) is 13.0. The first kappa shape index (κ1) is 25.8. The molecule has 0 aliphatic rings. The van der Waals surface area contributed by atoms with Crippen LogP contribution in [-0.2, 0) is 16.2 Å². The predicted molar refractivity (Wildman–Crippen MR) is 103 cm³/mol. The first-order valence-electron chi connectivity index (χ1n) is 8.24. The summed E-state index contributed by atoms with van der Waals surface area (Å²) in [4.78, 5) is 9.79. The monoisotopic (exact) mass is 471 g/mol. The van der Waals surface area contributed by atoms with Crippen LogP contribution >= 0.6 is 12.4 Å². The summed E-state index contributed by atoms with van der Waals surface area (Å²) in [6.07, 6.45) is -4.92. The highest BCUT2D eigenvalue weighted by Gasteiger charge is 2.35. The van der Waals surface area contributed by atoms with Crippen LogP contribution < -0.4 is 5.73 Å². The molecule has 0 aliphatic carbocycles. The van der Waals surface area contributed by atoms with Crippen LogP contribution in [0.15, 0.2) is 47.4 Å². The number of nitro groups is 1. The molecule has 2 rings (SSSR count). The second kappa shape index (κ2) is 9.69. The van der Waals surface area contributed by atoms with Crippen LogP contribution in [0.25, 0.3) is 0 Å². The molecule has 0 fully saturated rings. The first-order chi connectivity index (χ1) is 13.4. The first-order valence-corrected chi connectivity index (χ1v) is 9.68. The average molecular weight is 472 g/mol. The quantitative estimate of drug-likeness (QED) is 0.374. The van der Waals surface area contributed by atoms with Gasteiger partial charge in [-0.3, -0.25) is 10.1 Å². The van der Waals surface area contributed by atoms with Crippen LogP contribution in [0.3, 0.4) is 0 Å². The van der Waals surface area contributed by atoms with Crippen molar-refractivity contribution in [2.75, 3.05) is 13.1 Å². The summed E-state index contributed by atoms with van der Waals surface area (Å²) in [5.41, 5.74) is 4.01. The maximum absolute atomic E-state index is 13.4. The molecule has 0 aromatic heterocycles. The molecule has 13 heteroatoms. The highest BCUT2D eigenvalue weighted by Crippen LogP contribution is 2.33. The number of nitrogens with two attached hydrogens (primary N) is 1. The Morgan fingerprint density at radius 2 is 1.73 bits per heavy atom. The van der Waals surface area contributed by atoms with Crippen molar-refractivity contribution in [2.24, 2.45) is 5.73 Å². The predicted octanol–water partition coefficient (Wildman–Crippen LogP) is 3.89. The summed E-state index contributed by atoms with van der Waals surface area (Å²) in [5.74, 6) is -1.46. The van der Waals surface area contributed by atoms with Crippen molar-refractivity contribution in [1.29, 1.82) is 0 Å². The zero-order valence-electron chi connectivity index (χ0n) is 15.5. The molecular formula is C17H18ClF4N3O4S. The van der Waals surface area contributed by atoms with Gasteiger partial charge in [-0.2, -0.15) is 17.5 Å². The van der Waals surface area contributed by atoms with Gasteiger partial charge in [0.05, 0.1) is 15.4 Å². The molecule has 0 bridgehead atoms. The van der Waals surface area contributed by atoms with Gasteiger partial charge in [0, 0.05) is 31.3 Å². The third-order valence-corrected chi connectivity index (χ3v) is 6.12. The summed E-state index contributed by atoms with van der Waals surface area (Å²) < 4.78 is 78.5. The molecular weight excluding hydrogens is 454 g/mol. The number of alkyl halides is 3. The van der Waals surface area contributed by atoms with E-state index in [1.807, 2.05) is 0 Å². The number of benzene rings is 2. The van der Waals surface area contributed by atoms with Gasteiger partial charge in [0.2, 0.25) is 10.0 Å². The number of rotatable bonds is 7. The van der Waals surface area contributed by atoms with E-state index in [2.05, 4.69) is 0 Å². The molecule has 7 nitrogen and oxygen atoms in total. The number of nitro benzene ring substituents is 1. The van der Waals surface area contributed by atoms with Crippen molar-refractivity contribution < 1.29 is 30.9 Å². The van der Waals surface area contributed by atoms with Crippen molar-refractivity contribution in [2.45, 2.75) is 24.0 Å². The smallest absolute Gasteiger partial charge is 0.323 e. The van der Waals surface area contributed by atoms with Crippen LogP contribution in [0.4, 0.5) is 23.2 Å². The van der Waals surface area contributed by atoms with Gasteiger partial charge in [-0.05, 0) is 29.8 Å². The molecule has 1 atom stereocenters. The topological polar surface area (TPSA) is 107 Å². The van der Waals surface area contributed by atoms with Crippen LogP contribution in [0.1, 0.15) is 24.1 Å². The lowest BCUT2D eigenvalue weighted by atomic mass is 10.0. The van der Waals surface area contributed by atoms with Crippen LogP contribution in [0, 0.1) is 15.9 Å². The molecule has 0 heterocycles. The summed E-state index contributed by atoms with van der Waals surface area (Å²) in [6, 6.07) is 5.23. The lowest BCUT2D eigenvalue weighted by Crippen LogP contribution is -2.37. The molecule has 0 saturated heterocycles. The van der Waals surface area contributed by atoms with Crippen molar-refractivity contribution in [1.82, 2.24) is 4.31 Å². The van der Waals surface area contributed by atoms with Crippen molar-refractivity contribution in [3.05, 3.63) is 69.5 Å². The molecule has 0 spiro atoms. The molecule has 2 aromatic carbocycles. The number of halogens is 5. The highest BCUT2D eigenvalue weighted by atomic mass is 35.5. The molecule has 30 heavy (non-hydrogen) atoms. The van der Waals surface area contributed by atoms with Gasteiger partial charge in [0.25, 0.3) is 5.69 Å². The summed E-state index contributed by atoms with van der Waals surface area (Å²) in [5, 5.41) is 10.7. The molecule has 166 valence electrons. The zero-order valence-corrected chi connectivity index (χ0v) is 17.1. The minimum absolute atomic E-state index is 0. The van der Waals surface area contributed by atoms with E-state index in [9.17, 15) is 36.1 Å². The van der Waals surface area contributed by atoms with Gasteiger partial charge in [0.15, 0.2) is 0 Å². The van der Waals surface area contributed by atoms with Gasteiger partial charge in [0.1, 0.15) is 5.82 Å². The van der Waals surface area contributed by atoms with E-state index in [1.165, 1.54) is 6.92 Å². The number of nitrogens with zero attached hydrogens (tertiary/aromatic N) is 2. The van der Waals surface area contributed by atoms with Gasteiger partial charge in [-0.1, -0.05) is 13.0 Å². The summed E-state index contributed by atoms with van der Waals surface area (Å²) in [6.45, 7) is 1.07. The third-order valence-electron chi connectivity index (χ3n) is 4.16. The number of likely N-dealkylation sites (N-methyl/N-ethyl adjacent to an activating group) is 1.